The van der Waals surface area contributed by atoms with Crippen molar-refractivity contribution in [2.45, 2.75) is 33.2 Å². The number of benzene rings is 2. The summed E-state index contributed by atoms with van der Waals surface area (Å²) in [6, 6.07) is 9.36. The number of piperazine rings is 1. The van der Waals surface area contributed by atoms with Crippen molar-refractivity contribution in [1.29, 1.82) is 0 Å². The fraction of sp³-hybridized carbons (Fsp3) is 0.400. The molecule has 3 aromatic rings. The maximum absolute atomic E-state index is 13.5. The summed E-state index contributed by atoms with van der Waals surface area (Å²) in [7, 11) is 0. The number of esters is 1. The van der Waals surface area contributed by atoms with E-state index in [0.29, 0.717) is 12.6 Å². The molecule has 0 saturated carbocycles. The molecule has 10 heteroatoms. The third-order valence-corrected chi connectivity index (χ3v) is 6.05. The highest BCUT2D eigenvalue weighted by Crippen LogP contribution is 2.27. The number of hydrogen-bond donors (Lipinski definition) is 1. The summed E-state index contributed by atoms with van der Waals surface area (Å²) in [5, 5.41) is 7.49. The van der Waals surface area contributed by atoms with Crippen LogP contribution in [-0.2, 0) is 9.53 Å². The van der Waals surface area contributed by atoms with E-state index in [1.807, 2.05) is 19.1 Å². The molecule has 0 atom stereocenters. The normalized spacial score (nSPS) is 14.7. The molecule has 1 aromatic heterocycles. The summed E-state index contributed by atoms with van der Waals surface area (Å²) in [4.78, 5) is 20.1. The maximum atomic E-state index is 13.5. The van der Waals surface area contributed by atoms with E-state index in [1.165, 1.54) is 30.1 Å². The average molecular weight is 485 g/mol. The molecule has 2 aromatic carbocycles. The third kappa shape index (κ3) is 6.13. The van der Waals surface area contributed by atoms with Gasteiger partial charge >= 0.3 is 5.97 Å². The molecule has 1 aliphatic rings. The number of ether oxygens (including phenoxy) is 1. The van der Waals surface area contributed by atoms with Crippen LogP contribution >= 0.6 is 0 Å². The number of halogens is 2. The van der Waals surface area contributed by atoms with Crippen molar-refractivity contribution in [3.05, 3.63) is 59.9 Å². The Bertz CT molecular complexity index is 1180. The van der Waals surface area contributed by atoms with Crippen LogP contribution in [0, 0.1) is 18.6 Å². The number of aryl methyl sites for hydroxylation is 1. The minimum atomic E-state index is -0.678. The molecule has 0 aliphatic carbocycles. The molecular formula is C25H30F2N6O2. The van der Waals surface area contributed by atoms with Crippen LogP contribution in [0.25, 0.3) is 5.69 Å². The molecule has 0 unspecified atom stereocenters. The number of rotatable bonds is 7. The van der Waals surface area contributed by atoms with E-state index in [9.17, 15) is 13.6 Å². The van der Waals surface area contributed by atoms with Crippen molar-refractivity contribution in [1.82, 2.24) is 19.7 Å². The van der Waals surface area contributed by atoms with E-state index >= 15 is 0 Å². The van der Waals surface area contributed by atoms with Gasteiger partial charge in [-0.2, -0.15) is 4.98 Å². The second kappa shape index (κ2) is 9.99. The lowest BCUT2D eigenvalue weighted by atomic mass is 10.0. The molecule has 2 heterocycles. The lowest BCUT2D eigenvalue weighted by molar-refractivity contribution is -0.144. The topological polar surface area (TPSA) is 75.5 Å². The van der Waals surface area contributed by atoms with E-state index < -0.39 is 11.6 Å². The second-order valence-electron chi connectivity index (χ2n) is 9.39. The predicted molar refractivity (Wildman–Crippen MR) is 130 cm³/mol. The van der Waals surface area contributed by atoms with Gasteiger partial charge in [0.1, 0.15) is 24.6 Å². The summed E-state index contributed by atoms with van der Waals surface area (Å²) in [6.07, 6.45) is 1.41. The van der Waals surface area contributed by atoms with Crippen LogP contribution < -0.4 is 10.2 Å². The first-order valence-corrected chi connectivity index (χ1v) is 11.5. The van der Waals surface area contributed by atoms with Crippen molar-refractivity contribution >= 4 is 23.3 Å². The van der Waals surface area contributed by atoms with Gasteiger partial charge in [0, 0.05) is 56.1 Å². The molecule has 4 rings (SSSR count). The number of carbonyl (C=O) groups excluding carboxylic acids is 1. The van der Waals surface area contributed by atoms with Gasteiger partial charge in [-0.15, -0.1) is 5.10 Å². The fourth-order valence-electron chi connectivity index (χ4n) is 4.20. The summed E-state index contributed by atoms with van der Waals surface area (Å²) in [5.41, 5.74) is 3.00. The molecule has 0 amide bonds. The zero-order chi connectivity index (χ0) is 25.2. The van der Waals surface area contributed by atoms with Crippen molar-refractivity contribution in [3.63, 3.8) is 0 Å². The number of nitrogens with zero attached hydrogens (tertiary/aromatic N) is 5. The average Bonchev–Trinajstić information content (AvgIpc) is 3.25. The quantitative estimate of drug-likeness (QED) is 0.507. The summed E-state index contributed by atoms with van der Waals surface area (Å²) >= 11 is 0. The van der Waals surface area contributed by atoms with Crippen LogP contribution in [0.4, 0.5) is 26.1 Å². The minimum Gasteiger partial charge on any atom is -0.464 e. The third-order valence-electron chi connectivity index (χ3n) is 6.05. The van der Waals surface area contributed by atoms with E-state index in [1.54, 1.807) is 0 Å². The summed E-state index contributed by atoms with van der Waals surface area (Å²) in [6.45, 7) is 11.4. The predicted octanol–water partition coefficient (Wildman–Crippen LogP) is 4.06. The number of hydrogen-bond acceptors (Lipinski definition) is 7. The van der Waals surface area contributed by atoms with E-state index in [4.69, 9.17) is 4.74 Å². The van der Waals surface area contributed by atoms with Crippen molar-refractivity contribution < 1.29 is 18.3 Å². The van der Waals surface area contributed by atoms with Crippen molar-refractivity contribution in [2.24, 2.45) is 0 Å². The van der Waals surface area contributed by atoms with Crippen LogP contribution in [0.15, 0.2) is 42.7 Å². The first-order valence-electron chi connectivity index (χ1n) is 11.5. The van der Waals surface area contributed by atoms with Gasteiger partial charge in [0.15, 0.2) is 0 Å². The Balaban J connectivity index is 1.43. The van der Waals surface area contributed by atoms with Gasteiger partial charge in [-0.25, -0.2) is 13.5 Å². The Kier molecular flexibility index (Phi) is 7.02. The lowest BCUT2D eigenvalue weighted by Crippen LogP contribution is -2.56. The second-order valence-corrected chi connectivity index (χ2v) is 9.39. The lowest BCUT2D eigenvalue weighted by Gasteiger charge is -2.44. The number of carbonyl (C=O) groups is 1. The smallest absolute Gasteiger partial charge is 0.302 e. The van der Waals surface area contributed by atoms with Gasteiger partial charge in [-0.3, -0.25) is 9.69 Å². The molecule has 1 saturated heterocycles. The molecular weight excluding hydrogens is 454 g/mol. The SMILES string of the molecule is CC(=O)OCC(C)(C)N1CCN(c2cc(C)cc(Nc3ncn(-c4cc(F)cc(F)c4)n3)c2)CC1. The Morgan fingerprint density at radius 3 is 2.37 bits per heavy atom. The van der Waals surface area contributed by atoms with Crippen molar-refractivity contribution in [3.8, 4) is 5.69 Å². The Labute approximate surface area is 203 Å². The zero-order valence-corrected chi connectivity index (χ0v) is 20.4. The highest BCUT2D eigenvalue weighted by Gasteiger charge is 2.31. The molecule has 0 bridgehead atoms. The highest BCUT2D eigenvalue weighted by molar-refractivity contribution is 5.66. The molecule has 35 heavy (non-hydrogen) atoms. The Morgan fingerprint density at radius 1 is 1.03 bits per heavy atom. The monoisotopic (exact) mass is 484 g/mol. The first-order chi connectivity index (χ1) is 16.6. The van der Waals surface area contributed by atoms with Gasteiger partial charge < -0.3 is 15.0 Å². The van der Waals surface area contributed by atoms with Crippen LogP contribution in [0.5, 0.6) is 0 Å². The van der Waals surface area contributed by atoms with Crippen LogP contribution in [-0.4, -0.2) is 64.0 Å². The largest absolute Gasteiger partial charge is 0.464 e. The molecule has 1 aliphatic heterocycles. The van der Waals surface area contributed by atoms with Gasteiger partial charge in [-0.05, 0) is 56.7 Å². The van der Waals surface area contributed by atoms with Gasteiger partial charge in [0.2, 0.25) is 5.95 Å². The summed E-state index contributed by atoms with van der Waals surface area (Å²) in [5.74, 6) is -1.30. The van der Waals surface area contributed by atoms with E-state index in [0.717, 1.165) is 49.2 Å². The first kappa shape index (κ1) is 24.6. The van der Waals surface area contributed by atoms with Crippen molar-refractivity contribution in [2.75, 3.05) is 43.0 Å². The van der Waals surface area contributed by atoms with Crippen LogP contribution in [0.2, 0.25) is 0 Å². The zero-order valence-electron chi connectivity index (χ0n) is 20.4. The standard InChI is InChI=1S/C25H30F2N6O2/c1-17-9-21(29-24-28-16-33(30-24)23-12-19(26)11-20(27)13-23)14-22(10-17)31-5-7-32(8-6-31)25(3,4)15-35-18(2)34/h9-14,16H,5-8,15H2,1-4H3,(H,29,30). The molecule has 8 nitrogen and oxygen atoms in total. The van der Waals surface area contributed by atoms with Crippen LogP contribution in [0.3, 0.4) is 0 Å². The Hall–Kier alpha value is -3.53. The van der Waals surface area contributed by atoms with E-state index in [2.05, 4.69) is 45.1 Å². The maximum Gasteiger partial charge on any atom is 0.302 e. The number of aromatic nitrogens is 3. The minimum absolute atomic E-state index is 0.230. The molecule has 186 valence electrons. The highest BCUT2D eigenvalue weighted by atomic mass is 19.1. The van der Waals surface area contributed by atoms with Gasteiger partial charge in [0.25, 0.3) is 0 Å². The fourth-order valence-corrected chi connectivity index (χ4v) is 4.20. The summed E-state index contributed by atoms with van der Waals surface area (Å²) < 4.78 is 33.7. The number of nitrogens with one attached hydrogen (secondary N) is 1. The molecule has 0 spiro atoms. The Morgan fingerprint density at radius 2 is 1.71 bits per heavy atom. The molecule has 0 radical (unpaired) electrons. The number of anilines is 3. The van der Waals surface area contributed by atoms with E-state index in [-0.39, 0.29) is 17.2 Å². The van der Waals surface area contributed by atoms with Crippen LogP contribution in [0.1, 0.15) is 26.3 Å². The molecule has 1 N–H and O–H groups in total. The molecule has 1 fully saturated rings. The van der Waals surface area contributed by atoms with Gasteiger partial charge in [0.05, 0.1) is 5.69 Å². The van der Waals surface area contributed by atoms with Gasteiger partial charge in [-0.1, -0.05) is 0 Å².